The first-order valence-electron chi connectivity index (χ1n) is 11.8. The molecule has 2 amide bonds. The van der Waals surface area contributed by atoms with Gasteiger partial charge in [-0.25, -0.2) is 0 Å². The van der Waals surface area contributed by atoms with E-state index in [1.54, 1.807) is 18.2 Å². The number of likely N-dealkylation sites (tertiary alicyclic amines) is 1. The average molecular weight is 476 g/mol. The Labute approximate surface area is 198 Å². The van der Waals surface area contributed by atoms with E-state index in [9.17, 15) is 22.8 Å². The summed E-state index contributed by atoms with van der Waals surface area (Å²) in [7, 11) is 0. The van der Waals surface area contributed by atoms with Gasteiger partial charge in [-0.1, -0.05) is 31.0 Å². The summed E-state index contributed by atoms with van der Waals surface area (Å²) >= 11 is 0. The van der Waals surface area contributed by atoms with Gasteiger partial charge in [0.25, 0.3) is 0 Å². The predicted octanol–water partition coefficient (Wildman–Crippen LogP) is 6.32. The van der Waals surface area contributed by atoms with Gasteiger partial charge in [0.15, 0.2) is 0 Å². The van der Waals surface area contributed by atoms with Crippen molar-refractivity contribution in [3.05, 3.63) is 48.0 Å². The second kappa shape index (κ2) is 12.0. The van der Waals surface area contributed by atoms with Crippen LogP contribution in [0.5, 0.6) is 0 Å². The summed E-state index contributed by atoms with van der Waals surface area (Å²) in [6.45, 7) is 4.50. The minimum atomic E-state index is -4.60. The van der Waals surface area contributed by atoms with E-state index in [0.717, 1.165) is 32.1 Å². The largest absolute Gasteiger partial charge is 0.417 e. The number of unbranched alkanes of at least 4 members (excludes halogenated alkanes) is 1. The highest BCUT2D eigenvalue weighted by Gasteiger charge is 2.34. The van der Waals surface area contributed by atoms with Crippen molar-refractivity contribution in [2.24, 2.45) is 0 Å². The molecule has 0 spiro atoms. The first-order chi connectivity index (χ1) is 16.2. The molecule has 8 heteroatoms. The van der Waals surface area contributed by atoms with Crippen LogP contribution < -0.4 is 10.6 Å². The third kappa shape index (κ3) is 7.87. The number of halogens is 3. The molecule has 5 nitrogen and oxygen atoms in total. The number of nitrogens with one attached hydrogen (secondary N) is 2. The first kappa shape index (κ1) is 25.7. The van der Waals surface area contributed by atoms with Crippen LogP contribution in [-0.4, -0.2) is 36.3 Å². The van der Waals surface area contributed by atoms with Gasteiger partial charge in [0, 0.05) is 24.7 Å². The van der Waals surface area contributed by atoms with Gasteiger partial charge in [-0.15, -0.1) is 0 Å². The fourth-order valence-electron chi connectivity index (χ4n) is 4.28. The minimum Gasteiger partial charge on any atom is -0.326 e. The van der Waals surface area contributed by atoms with E-state index in [1.165, 1.54) is 50.8 Å². The van der Waals surface area contributed by atoms with E-state index in [1.807, 2.05) is 0 Å². The Morgan fingerprint density at radius 3 is 2.29 bits per heavy atom. The number of alkyl halides is 3. The number of carbonyl (C=O) groups is 2. The van der Waals surface area contributed by atoms with Crippen LogP contribution in [0.15, 0.2) is 42.5 Å². The number of anilines is 2. The van der Waals surface area contributed by atoms with E-state index in [0.29, 0.717) is 17.7 Å². The van der Waals surface area contributed by atoms with Gasteiger partial charge in [-0.2, -0.15) is 13.2 Å². The van der Waals surface area contributed by atoms with E-state index < -0.39 is 11.7 Å². The topological polar surface area (TPSA) is 61.4 Å². The lowest BCUT2D eigenvalue weighted by Crippen LogP contribution is -2.25. The van der Waals surface area contributed by atoms with Gasteiger partial charge in [0.05, 0.1) is 5.56 Å². The average Bonchev–Trinajstić information content (AvgIpc) is 3.05. The molecule has 0 aromatic heterocycles. The predicted molar refractivity (Wildman–Crippen MR) is 129 cm³/mol. The van der Waals surface area contributed by atoms with E-state index in [2.05, 4.69) is 15.5 Å². The molecule has 1 heterocycles. The zero-order valence-corrected chi connectivity index (χ0v) is 19.5. The molecule has 1 aliphatic heterocycles. The maximum Gasteiger partial charge on any atom is 0.417 e. The highest BCUT2D eigenvalue weighted by molar-refractivity contribution is 5.92. The second-order valence-electron chi connectivity index (χ2n) is 8.78. The van der Waals surface area contributed by atoms with Crippen LogP contribution >= 0.6 is 0 Å². The SMILES string of the molecule is CC(=O)Nc1cccc(-c2ccc(NC(=O)CCCCN3CCCCCC3)cc2C(F)(F)F)c1. The molecule has 1 fully saturated rings. The van der Waals surface area contributed by atoms with Crippen LogP contribution in [0.1, 0.15) is 57.4 Å². The van der Waals surface area contributed by atoms with Gasteiger partial charge >= 0.3 is 6.18 Å². The van der Waals surface area contributed by atoms with Gasteiger partial charge in [-0.3, -0.25) is 9.59 Å². The van der Waals surface area contributed by atoms with Gasteiger partial charge in [0.1, 0.15) is 0 Å². The van der Waals surface area contributed by atoms with E-state index >= 15 is 0 Å². The summed E-state index contributed by atoms with van der Waals surface area (Å²) in [5.41, 5.74) is -0.00570. The number of rotatable bonds is 8. The number of hydrogen-bond acceptors (Lipinski definition) is 3. The molecule has 0 saturated carbocycles. The van der Waals surface area contributed by atoms with Crippen molar-refractivity contribution in [3.63, 3.8) is 0 Å². The summed E-state index contributed by atoms with van der Waals surface area (Å²) in [4.78, 5) is 26.1. The lowest BCUT2D eigenvalue weighted by Gasteiger charge is -2.19. The van der Waals surface area contributed by atoms with Crippen LogP contribution in [0.2, 0.25) is 0 Å². The number of amides is 2. The first-order valence-corrected chi connectivity index (χ1v) is 11.8. The number of carbonyl (C=O) groups excluding carboxylic acids is 2. The molecule has 2 aromatic carbocycles. The Hall–Kier alpha value is -2.87. The van der Waals surface area contributed by atoms with Crippen LogP contribution in [0.25, 0.3) is 11.1 Å². The van der Waals surface area contributed by atoms with Crippen molar-refractivity contribution in [2.75, 3.05) is 30.3 Å². The Kier molecular flexibility index (Phi) is 9.10. The number of nitrogens with zero attached hydrogens (tertiary/aromatic N) is 1. The Balaban J connectivity index is 1.63. The van der Waals surface area contributed by atoms with Crippen LogP contribution in [-0.2, 0) is 15.8 Å². The maximum absolute atomic E-state index is 13.8. The van der Waals surface area contributed by atoms with Crippen molar-refractivity contribution < 1.29 is 22.8 Å². The van der Waals surface area contributed by atoms with Crippen molar-refractivity contribution in [2.45, 2.75) is 58.0 Å². The molecule has 0 aliphatic carbocycles. The number of hydrogen-bond donors (Lipinski definition) is 2. The minimum absolute atomic E-state index is 0.0184. The molecule has 0 atom stereocenters. The summed E-state index contributed by atoms with van der Waals surface area (Å²) < 4.78 is 41.5. The Morgan fingerprint density at radius 1 is 0.912 bits per heavy atom. The lowest BCUT2D eigenvalue weighted by molar-refractivity contribution is -0.137. The zero-order chi connectivity index (χ0) is 24.6. The summed E-state index contributed by atoms with van der Waals surface area (Å²) in [5, 5.41) is 5.19. The molecule has 0 radical (unpaired) electrons. The molecule has 2 N–H and O–H groups in total. The molecule has 0 unspecified atom stereocenters. The summed E-state index contributed by atoms with van der Waals surface area (Å²) in [6, 6.07) is 10.0. The Bertz CT molecular complexity index is 983. The molecule has 1 aliphatic rings. The van der Waals surface area contributed by atoms with Crippen molar-refractivity contribution >= 4 is 23.2 Å². The zero-order valence-electron chi connectivity index (χ0n) is 19.5. The monoisotopic (exact) mass is 475 g/mol. The standard InChI is InChI=1S/C26H32F3N3O2/c1-19(33)30-21-10-8-9-20(17-21)23-13-12-22(18-24(23)26(27,28)29)31-25(34)11-4-7-16-32-14-5-2-3-6-15-32/h8-10,12-13,17-18H,2-7,11,14-16H2,1H3,(H,30,33)(H,31,34). The fraction of sp³-hybridized carbons (Fsp3) is 0.462. The fourth-order valence-corrected chi connectivity index (χ4v) is 4.28. The molecule has 0 bridgehead atoms. The molecular weight excluding hydrogens is 443 g/mol. The highest BCUT2D eigenvalue weighted by Crippen LogP contribution is 2.39. The van der Waals surface area contributed by atoms with Gasteiger partial charge in [-0.05, 0) is 80.7 Å². The number of benzene rings is 2. The van der Waals surface area contributed by atoms with Crippen LogP contribution in [0.3, 0.4) is 0 Å². The molecule has 34 heavy (non-hydrogen) atoms. The third-order valence-corrected chi connectivity index (χ3v) is 5.93. The van der Waals surface area contributed by atoms with Gasteiger partial charge in [0.2, 0.25) is 11.8 Å². The summed E-state index contributed by atoms with van der Waals surface area (Å²) in [6.07, 6.45) is 2.25. The van der Waals surface area contributed by atoms with E-state index in [-0.39, 0.29) is 29.5 Å². The lowest BCUT2D eigenvalue weighted by atomic mass is 9.98. The second-order valence-corrected chi connectivity index (χ2v) is 8.78. The molecule has 3 rings (SSSR count). The normalized spacial score (nSPS) is 14.9. The van der Waals surface area contributed by atoms with E-state index in [4.69, 9.17) is 0 Å². The van der Waals surface area contributed by atoms with Crippen molar-refractivity contribution in [3.8, 4) is 11.1 Å². The molecule has 2 aromatic rings. The van der Waals surface area contributed by atoms with Crippen LogP contribution in [0, 0.1) is 0 Å². The maximum atomic E-state index is 13.8. The van der Waals surface area contributed by atoms with Crippen molar-refractivity contribution in [1.29, 1.82) is 0 Å². The van der Waals surface area contributed by atoms with Crippen molar-refractivity contribution in [1.82, 2.24) is 4.90 Å². The highest BCUT2D eigenvalue weighted by atomic mass is 19.4. The third-order valence-electron chi connectivity index (χ3n) is 5.93. The van der Waals surface area contributed by atoms with Crippen LogP contribution in [0.4, 0.5) is 24.5 Å². The van der Waals surface area contributed by atoms with Gasteiger partial charge < -0.3 is 15.5 Å². The molecular formula is C26H32F3N3O2. The Morgan fingerprint density at radius 2 is 1.62 bits per heavy atom. The molecule has 1 saturated heterocycles. The molecule has 184 valence electrons. The smallest absolute Gasteiger partial charge is 0.326 e. The quantitative estimate of drug-likeness (QED) is 0.440. The summed E-state index contributed by atoms with van der Waals surface area (Å²) in [5.74, 6) is -0.595.